The summed E-state index contributed by atoms with van der Waals surface area (Å²) in [6, 6.07) is 0.749. The van der Waals surface area contributed by atoms with Crippen LogP contribution in [0.5, 0.6) is 0 Å². The molecule has 1 atom stereocenters. The number of rotatable bonds is 9. The number of carbonyl (C=O) groups is 1. The second kappa shape index (κ2) is 12.2. The minimum atomic E-state index is -0.139. The van der Waals surface area contributed by atoms with Crippen LogP contribution in [0, 0.1) is 0 Å². The van der Waals surface area contributed by atoms with Gasteiger partial charge in [-0.1, -0.05) is 13.3 Å². The molecule has 1 fully saturated rings. The van der Waals surface area contributed by atoms with Crippen LogP contribution in [0.25, 0.3) is 0 Å². The van der Waals surface area contributed by atoms with E-state index in [0.717, 1.165) is 44.5 Å². The van der Waals surface area contributed by atoms with E-state index in [2.05, 4.69) is 32.2 Å². The minimum Gasteiger partial charge on any atom is -0.469 e. The van der Waals surface area contributed by atoms with E-state index in [-0.39, 0.29) is 5.97 Å². The number of aliphatic imine (C=N–C) groups is 1. The molecule has 1 unspecified atom stereocenters. The fourth-order valence-electron chi connectivity index (χ4n) is 3.06. The lowest BCUT2D eigenvalue weighted by Crippen LogP contribution is -2.46. The smallest absolute Gasteiger partial charge is 0.305 e. The maximum atomic E-state index is 11.0. The number of piperidine rings is 1. The Balaban J connectivity index is 2.12. The number of hydrogen-bond donors (Lipinski definition) is 2. The van der Waals surface area contributed by atoms with Crippen LogP contribution in [-0.4, -0.2) is 63.2 Å². The van der Waals surface area contributed by atoms with Crippen molar-refractivity contribution < 1.29 is 9.53 Å². The lowest BCUT2D eigenvalue weighted by molar-refractivity contribution is -0.140. The number of likely N-dealkylation sites (tertiary alicyclic amines) is 1. The summed E-state index contributed by atoms with van der Waals surface area (Å²) in [7, 11) is 3.22. The Labute approximate surface area is 141 Å². The van der Waals surface area contributed by atoms with E-state index in [4.69, 9.17) is 0 Å². The third-order valence-corrected chi connectivity index (χ3v) is 4.46. The molecule has 1 aliphatic heterocycles. The summed E-state index contributed by atoms with van der Waals surface area (Å²) in [5, 5.41) is 6.67. The summed E-state index contributed by atoms with van der Waals surface area (Å²) in [6.07, 6.45) is 7.53. The predicted octanol–water partition coefficient (Wildman–Crippen LogP) is 1.76. The van der Waals surface area contributed by atoms with Crippen molar-refractivity contribution in [3.8, 4) is 0 Å². The quantitative estimate of drug-likeness (QED) is 0.292. The summed E-state index contributed by atoms with van der Waals surface area (Å²) in [4.78, 5) is 17.9. The maximum absolute atomic E-state index is 11.0. The molecule has 0 aromatic rings. The first-order valence-electron chi connectivity index (χ1n) is 8.96. The number of guanidine groups is 1. The molecule has 0 radical (unpaired) electrons. The zero-order chi connectivity index (χ0) is 16.9. The SMILES string of the molecule is CCC1CCCCN1CCNC(=NC)NCCCCC(=O)OC. The fourth-order valence-corrected chi connectivity index (χ4v) is 3.06. The van der Waals surface area contributed by atoms with E-state index in [9.17, 15) is 4.79 Å². The van der Waals surface area contributed by atoms with Crippen LogP contribution in [0.2, 0.25) is 0 Å². The van der Waals surface area contributed by atoms with Gasteiger partial charge in [0.05, 0.1) is 7.11 Å². The highest BCUT2D eigenvalue weighted by Gasteiger charge is 2.19. The molecule has 0 aliphatic carbocycles. The predicted molar refractivity (Wildman–Crippen MR) is 94.7 cm³/mol. The molecule has 1 aliphatic rings. The summed E-state index contributed by atoms with van der Waals surface area (Å²) in [5.41, 5.74) is 0. The number of unbranched alkanes of at least 4 members (excludes halogenated alkanes) is 1. The lowest BCUT2D eigenvalue weighted by Gasteiger charge is -2.35. The molecule has 1 rings (SSSR count). The molecule has 1 saturated heterocycles. The first kappa shape index (κ1) is 19.7. The van der Waals surface area contributed by atoms with E-state index in [1.54, 1.807) is 7.05 Å². The Morgan fingerprint density at radius 2 is 2.04 bits per heavy atom. The molecule has 0 aromatic heterocycles. The standard InChI is InChI=1S/C17H34N4O2/c1-4-15-9-6-8-13-21(15)14-12-20-17(18-2)19-11-7-5-10-16(22)23-3/h15H,4-14H2,1-3H3,(H2,18,19,20). The second-order valence-corrected chi connectivity index (χ2v) is 6.05. The number of nitrogens with zero attached hydrogens (tertiary/aromatic N) is 2. The van der Waals surface area contributed by atoms with Crippen molar-refractivity contribution in [2.75, 3.05) is 40.3 Å². The second-order valence-electron chi connectivity index (χ2n) is 6.05. The molecular formula is C17H34N4O2. The van der Waals surface area contributed by atoms with Gasteiger partial charge in [-0.3, -0.25) is 14.7 Å². The Bertz CT molecular complexity index is 361. The fraction of sp³-hybridized carbons (Fsp3) is 0.882. The highest BCUT2D eigenvalue weighted by Crippen LogP contribution is 2.18. The zero-order valence-corrected chi connectivity index (χ0v) is 15.1. The van der Waals surface area contributed by atoms with Crippen LogP contribution < -0.4 is 10.6 Å². The van der Waals surface area contributed by atoms with Gasteiger partial charge < -0.3 is 15.4 Å². The van der Waals surface area contributed by atoms with Gasteiger partial charge in [-0.25, -0.2) is 0 Å². The van der Waals surface area contributed by atoms with Crippen molar-refractivity contribution in [1.29, 1.82) is 0 Å². The van der Waals surface area contributed by atoms with E-state index in [1.807, 2.05) is 0 Å². The van der Waals surface area contributed by atoms with Crippen LogP contribution in [-0.2, 0) is 9.53 Å². The van der Waals surface area contributed by atoms with Gasteiger partial charge in [-0.05, 0) is 38.6 Å². The number of esters is 1. The molecule has 23 heavy (non-hydrogen) atoms. The van der Waals surface area contributed by atoms with Crippen molar-refractivity contribution in [1.82, 2.24) is 15.5 Å². The molecular weight excluding hydrogens is 292 g/mol. The van der Waals surface area contributed by atoms with Crippen LogP contribution >= 0.6 is 0 Å². The number of ether oxygens (including phenoxy) is 1. The van der Waals surface area contributed by atoms with Gasteiger partial charge in [-0.15, -0.1) is 0 Å². The number of nitrogens with one attached hydrogen (secondary N) is 2. The first-order valence-corrected chi connectivity index (χ1v) is 8.96. The van der Waals surface area contributed by atoms with Gasteiger partial charge in [0.15, 0.2) is 5.96 Å². The number of hydrogen-bond acceptors (Lipinski definition) is 4. The van der Waals surface area contributed by atoms with E-state index < -0.39 is 0 Å². The lowest BCUT2D eigenvalue weighted by atomic mass is 10.0. The van der Waals surface area contributed by atoms with Crippen molar-refractivity contribution in [2.45, 2.75) is 57.9 Å². The average molecular weight is 326 g/mol. The summed E-state index contributed by atoms with van der Waals surface area (Å²) in [6.45, 7) is 6.31. The zero-order valence-electron chi connectivity index (χ0n) is 15.1. The van der Waals surface area contributed by atoms with Crippen LogP contribution in [0.15, 0.2) is 4.99 Å². The molecule has 0 saturated carbocycles. The summed E-state index contributed by atoms with van der Waals surface area (Å²) in [5.74, 6) is 0.702. The van der Waals surface area contributed by atoms with Crippen molar-refractivity contribution in [2.24, 2.45) is 4.99 Å². The van der Waals surface area contributed by atoms with Crippen molar-refractivity contribution in [3.05, 3.63) is 0 Å². The van der Waals surface area contributed by atoms with Crippen LogP contribution in [0.1, 0.15) is 51.9 Å². The monoisotopic (exact) mass is 326 g/mol. The first-order chi connectivity index (χ1) is 11.2. The Hall–Kier alpha value is -1.30. The molecule has 6 heteroatoms. The van der Waals surface area contributed by atoms with Gasteiger partial charge in [0.25, 0.3) is 0 Å². The number of carbonyl (C=O) groups excluding carboxylic acids is 1. The summed E-state index contributed by atoms with van der Waals surface area (Å²) < 4.78 is 4.63. The highest BCUT2D eigenvalue weighted by molar-refractivity contribution is 5.79. The topological polar surface area (TPSA) is 66.0 Å². The molecule has 0 aromatic carbocycles. The molecule has 0 spiro atoms. The summed E-state index contributed by atoms with van der Waals surface area (Å²) >= 11 is 0. The van der Waals surface area contributed by atoms with Gasteiger partial charge in [-0.2, -0.15) is 0 Å². The maximum Gasteiger partial charge on any atom is 0.305 e. The third-order valence-electron chi connectivity index (χ3n) is 4.46. The van der Waals surface area contributed by atoms with Crippen LogP contribution in [0.4, 0.5) is 0 Å². The molecule has 0 amide bonds. The Morgan fingerprint density at radius 1 is 1.26 bits per heavy atom. The molecule has 1 heterocycles. The third kappa shape index (κ3) is 8.21. The van der Waals surface area contributed by atoms with Gasteiger partial charge in [0, 0.05) is 39.1 Å². The van der Waals surface area contributed by atoms with Crippen LogP contribution in [0.3, 0.4) is 0 Å². The minimum absolute atomic E-state index is 0.139. The van der Waals surface area contributed by atoms with Gasteiger partial charge in [0.1, 0.15) is 0 Å². The van der Waals surface area contributed by atoms with Gasteiger partial charge >= 0.3 is 5.97 Å². The van der Waals surface area contributed by atoms with E-state index in [1.165, 1.54) is 39.3 Å². The molecule has 0 bridgehead atoms. The normalized spacial score (nSPS) is 19.4. The molecule has 2 N–H and O–H groups in total. The van der Waals surface area contributed by atoms with Crippen molar-refractivity contribution in [3.63, 3.8) is 0 Å². The van der Waals surface area contributed by atoms with E-state index >= 15 is 0 Å². The van der Waals surface area contributed by atoms with E-state index in [0.29, 0.717) is 6.42 Å². The van der Waals surface area contributed by atoms with Crippen molar-refractivity contribution >= 4 is 11.9 Å². The molecule has 6 nitrogen and oxygen atoms in total. The Kier molecular flexibility index (Phi) is 10.4. The highest BCUT2D eigenvalue weighted by atomic mass is 16.5. The average Bonchev–Trinajstić information content (AvgIpc) is 2.59. The number of methoxy groups -OCH3 is 1. The Morgan fingerprint density at radius 3 is 2.74 bits per heavy atom. The molecule has 134 valence electrons. The largest absolute Gasteiger partial charge is 0.469 e. The van der Waals surface area contributed by atoms with Gasteiger partial charge in [0.2, 0.25) is 0 Å².